The van der Waals surface area contributed by atoms with E-state index in [2.05, 4.69) is 37.2 Å². The van der Waals surface area contributed by atoms with Crippen LogP contribution in [0.3, 0.4) is 0 Å². The zero-order valence-corrected chi connectivity index (χ0v) is 28.8. The van der Waals surface area contributed by atoms with Gasteiger partial charge in [0.15, 0.2) is 0 Å². The van der Waals surface area contributed by atoms with Gasteiger partial charge in [0.05, 0.1) is 21.8 Å². The van der Waals surface area contributed by atoms with Crippen LogP contribution in [0.4, 0.5) is 11.4 Å². The summed E-state index contributed by atoms with van der Waals surface area (Å²) >= 11 is 7.01. The second-order valence-corrected chi connectivity index (χ2v) is 14.5. The molecule has 0 fully saturated rings. The van der Waals surface area contributed by atoms with Crippen LogP contribution in [0.5, 0.6) is 0 Å². The molecule has 0 aliphatic heterocycles. The molecule has 234 valence electrons. The molecule has 0 unspecified atom stereocenters. The van der Waals surface area contributed by atoms with Gasteiger partial charge in [0.25, 0.3) is 15.7 Å². The van der Waals surface area contributed by atoms with Crippen LogP contribution in [0.15, 0.2) is 135 Å². The number of nitrogens with one attached hydrogen (secondary N) is 1. The first-order valence-electron chi connectivity index (χ1n) is 14.2. The molecule has 0 saturated heterocycles. The third-order valence-corrected chi connectivity index (χ3v) is 10.3. The van der Waals surface area contributed by atoms with Gasteiger partial charge in [-0.3, -0.25) is 14.9 Å². The van der Waals surface area contributed by atoms with Crippen molar-refractivity contribution in [2.75, 3.05) is 12.4 Å². The van der Waals surface area contributed by atoms with Crippen molar-refractivity contribution in [2.45, 2.75) is 23.8 Å². The molecule has 1 amide bonds. The molecule has 5 aromatic rings. The van der Waals surface area contributed by atoms with Crippen molar-refractivity contribution < 1.29 is 18.1 Å². The lowest BCUT2D eigenvalue weighted by Crippen LogP contribution is -2.40. The lowest BCUT2D eigenvalue weighted by Gasteiger charge is -2.32. The molecule has 1 N–H and O–H groups in total. The minimum atomic E-state index is -4.23. The molecule has 0 aliphatic carbocycles. The van der Waals surface area contributed by atoms with E-state index in [0.29, 0.717) is 16.8 Å². The van der Waals surface area contributed by atoms with Crippen LogP contribution in [0, 0.1) is 17.0 Å². The number of carbonyl (C=O) groups is 1. The van der Waals surface area contributed by atoms with E-state index in [1.54, 1.807) is 24.3 Å². The van der Waals surface area contributed by atoms with Gasteiger partial charge in [-0.25, -0.2) is 12.7 Å². The Kier molecular flexibility index (Phi) is 10.0. The van der Waals surface area contributed by atoms with E-state index < -0.39 is 32.8 Å². The Labute approximate surface area is 284 Å². The molecule has 0 bridgehead atoms. The fraction of sp³-hybridized carbons (Fsp3) is 0.114. The molecule has 0 radical (unpaired) electrons. The first-order valence-corrected chi connectivity index (χ1v) is 17.2. The number of amides is 1. The van der Waals surface area contributed by atoms with E-state index in [4.69, 9.17) is 0 Å². The predicted molar refractivity (Wildman–Crippen MR) is 187 cm³/mol. The van der Waals surface area contributed by atoms with Gasteiger partial charge < -0.3 is 5.32 Å². The van der Waals surface area contributed by atoms with Crippen LogP contribution in [0.1, 0.15) is 28.7 Å². The van der Waals surface area contributed by atoms with Crippen LogP contribution in [-0.4, -0.2) is 30.6 Å². The minimum Gasteiger partial charge on any atom is -0.377 e. The number of aryl methyl sites for hydroxylation is 1. The van der Waals surface area contributed by atoms with Crippen molar-refractivity contribution in [3.8, 4) is 11.1 Å². The Bertz CT molecular complexity index is 1950. The van der Waals surface area contributed by atoms with Gasteiger partial charge in [-0.2, -0.15) is 0 Å². The summed E-state index contributed by atoms with van der Waals surface area (Å²) in [6, 6.07) is 34.0. The molecule has 0 heterocycles. The highest BCUT2D eigenvalue weighted by Crippen LogP contribution is 2.39. The lowest BCUT2D eigenvalue weighted by molar-refractivity contribution is -0.384. The standard InChI is InChI=1S/C35H29Br2N3O5S/c1-23-8-18-32(19-9-23)46(44,45)39(2)35(41)33(26-12-10-25(11-13-26)24-6-4-3-5-7-24)34(27-14-16-31(17-15-27)40(42)43)38-30-21-28(36)20-29(37)22-30/h3-22,33-34,38H,1-2H3/t33-,34-/m1/s1. The Morgan fingerprint density at radius 1 is 0.783 bits per heavy atom. The third kappa shape index (κ3) is 7.38. The van der Waals surface area contributed by atoms with Crippen LogP contribution < -0.4 is 5.32 Å². The predicted octanol–water partition coefficient (Wildman–Crippen LogP) is 8.88. The number of halogens is 2. The first kappa shape index (κ1) is 33.1. The molecule has 2 atom stereocenters. The zero-order valence-electron chi connectivity index (χ0n) is 24.8. The number of hydrogen-bond acceptors (Lipinski definition) is 6. The minimum absolute atomic E-state index is 0.0112. The SMILES string of the molecule is Cc1ccc(S(=O)(=O)N(C)C(=O)[C@H](c2ccc(-c3ccccc3)cc2)[C@H](Nc2cc(Br)cc(Br)c2)c2ccc([N+](=O)[O-])cc2)cc1. The average molecular weight is 764 g/mol. The monoisotopic (exact) mass is 761 g/mol. The molecule has 0 aromatic heterocycles. The number of non-ortho nitro benzene ring substituents is 1. The van der Waals surface area contributed by atoms with Gasteiger partial charge in [-0.15, -0.1) is 0 Å². The van der Waals surface area contributed by atoms with E-state index in [-0.39, 0.29) is 10.6 Å². The second kappa shape index (κ2) is 14.0. The lowest BCUT2D eigenvalue weighted by atomic mass is 9.85. The summed E-state index contributed by atoms with van der Waals surface area (Å²) < 4.78 is 29.9. The smallest absolute Gasteiger partial charge is 0.269 e. The van der Waals surface area contributed by atoms with Crippen LogP contribution in [-0.2, 0) is 14.8 Å². The third-order valence-electron chi connectivity index (χ3n) is 7.61. The molecule has 5 aromatic carbocycles. The molecular weight excluding hydrogens is 734 g/mol. The number of likely N-dealkylation sites (N-methyl/N-ethyl adjacent to an activating group) is 1. The average Bonchev–Trinajstić information content (AvgIpc) is 3.04. The summed E-state index contributed by atoms with van der Waals surface area (Å²) in [4.78, 5) is 25.5. The van der Waals surface area contributed by atoms with Gasteiger partial charge in [0.2, 0.25) is 5.91 Å². The number of nitrogens with zero attached hydrogens (tertiary/aromatic N) is 2. The normalized spacial score (nSPS) is 12.6. The first-order chi connectivity index (χ1) is 21.9. The van der Waals surface area contributed by atoms with Crippen molar-refractivity contribution in [1.82, 2.24) is 4.31 Å². The number of hydrogen-bond donors (Lipinski definition) is 1. The van der Waals surface area contributed by atoms with Crippen molar-refractivity contribution in [3.05, 3.63) is 157 Å². The number of carbonyl (C=O) groups excluding carboxylic acids is 1. The van der Waals surface area contributed by atoms with Crippen LogP contribution >= 0.6 is 31.9 Å². The quantitative estimate of drug-likeness (QED) is 0.113. The Hall–Kier alpha value is -4.32. The Balaban J connectivity index is 1.66. The number of nitro benzene ring substituents is 1. The fourth-order valence-electron chi connectivity index (χ4n) is 5.15. The Morgan fingerprint density at radius 2 is 1.33 bits per heavy atom. The van der Waals surface area contributed by atoms with E-state index >= 15 is 0 Å². The van der Waals surface area contributed by atoms with Gasteiger partial charge in [0.1, 0.15) is 0 Å². The summed E-state index contributed by atoms with van der Waals surface area (Å²) in [6.45, 7) is 1.85. The highest BCUT2D eigenvalue weighted by Gasteiger charge is 2.38. The molecule has 0 spiro atoms. The number of benzene rings is 5. The number of nitro groups is 1. The molecule has 0 aliphatic rings. The summed E-state index contributed by atoms with van der Waals surface area (Å²) in [5, 5.41) is 14.9. The second-order valence-electron chi connectivity index (χ2n) is 10.7. The molecule has 11 heteroatoms. The topological polar surface area (TPSA) is 110 Å². The van der Waals surface area contributed by atoms with Crippen molar-refractivity contribution >= 4 is 59.2 Å². The highest BCUT2D eigenvalue weighted by molar-refractivity contribution is 9.11. The highest BCUT2D eigenvalue weighted by atomic mass is 79.9. The summed E-state index contributed by atoms with van der Waals surface area (Å²) in [5.74, 6) is -1.76. The van der Waals surface area contributed by atoms with Gasteiger partial charge in [0, 0.05) is 33.8 Å². The van der Waals surface area contributed by atoms with Gasteiger partial charge in [-0.05, 0) is 59.5 Å². The van der Waals surface area contributed by atoms with Crippen molar-refractivity contribution in [1.29, 1.82) is 0 Å². The summed E-state index contributed by atoms with van der Waals surface area (Å²) in [6.07, 6.45) is 0. The molecule has 8 nitrogen and oxygen atoms in total. The van der Waals surface area contributed by atoms with E-state index in [0.717, 1.165) is 29.9 Å². The summed E-state index contributed by atoms with van der Waals surface area (Å²) in [5.41, 5.74) is 4.42. The molecule has 46 heavy (non-hydrogen) atoms. The number of sulfonamides is 1. The maximum Gasteiger partial charge on any atom is 0.269 e. The van der Waals surface area contributed by atoms with Crippen molar-refractivity contribution in [2.24, 2.45) is 0 Å². The molecular formula is C35H29Br2N3O5S. The molecule has 5 rings (SSSR count). The van der Waals surface area contributed by atoms with E-state index in [1.165, 1.54) is 31.3 Å². The van der Waals surface area contributed by atoms with E-state index in [1.807, 2.05) is 79.7 Å². The fourth-order valence-corrected chi connectivity index (χ4v) is 7.59. The van der Waals surface area contributed by atoms with Crippen LogP contribution in [0.2, 0.25) is 0 Å². The van der Waals surface area contributed by atoms with Gasteiger partial charge >= 0.3 is 0 Å². The Morgan fingerprint density at radius 3 is 1.89 bits per heavy atom. The maximum absolute atomic E-state index is 14.6. The van der Waals surface area contributed by atoms with E-state index in [9.17, 15) is 23.3 Å². The molecule has 0 saturated carbocycles. The van der Waals surface area contributed by atoms with Crippen molar-refractivity contribution in [3.63, 3.8) is 0 Å². The summed E-state index contributed by atoms with van der Waals surface area (Å²) in [7, 11) is -2.97. The van der Waals surface area contributed by atoms with Gasteiger partial charge in [-0.1, -0.05) is 116 Å². The largest absolute Gasteiger partial charge is 0.377 e. The zero-order chi connectivity index (χ0) is 33.0. The maximum atomic E-state index is 14.6. The number of rotatable bonds is 10. The number of anilines is 1. The van der Waals surface area contributed by atoms with Crippen LogP contribution in [0.25, 0.3) is 11.1 Å².